The Morgan fingerprint density at radius 3 is 2.97 bits per heavy atom. The Morgan fingerprint density at radius 1 is 1.29 bits per heavy atom. The number of H-pyrrole nitrogens is 1. The summed E-state index contributed by atoms with van der Waals surface area (Å²) in [4.78, 5) is 23.2. The largest absolute Gasteiger partial charge is 0.361 e. The summed E-state index contributed by atoms with van der Waals surface area (Å²) in [6.07, 6.45) is 4.09. The third kappa shape index (κ3) is 5.76. The average molecular weight is 555 g/mol. The number of aromatic nitrogens is 1. The SMILES string of the molecule is CN=C(NCCC(=O)N1CCc2sccc2C1)NCCc1c[nH]c2cc(F)ccc12.I. The number of hydrogen-bond acceptors (Lipinski definition) is 3. The van der Waals surface area contributed by atoms with Crippen LogP contribution >= 0.6 is 35.3 Å². The number of nitrogens with zero attached hydrogens (tertiary/aromatic N) is 2. The molecule has 1 amide bonds. The number of aromatic amines is 1. The molecule has 2 aromatic heterocycles. The zero-order chi connectivity index (χ0) is 20.9. The van der Waals surface area contributed by atoms with Crippen molar-refractivity contribution in [2.45, 2.75) is 25.8 Å². The maximum atomic E-state index is 13.3. The summed E-state index contributed by atoms with van der Waals surface area (Å²) in [5, 5.41) is 9.62. The van der Waals surface area contributed by atoms with Crippen molar-refractivity contribution in [2.24, 2.45) is 4.99 Å². The molecular formula is C22H27FIN5OS. The number of carbonyl (C=O) groups excluding carboxylic acids is 1. The molecule has 31 heavy (non-hydrogen) atoms. The van der Waals surface area contributed by atoms with Crippen LogP contribution in [0, 0.1) is 5.82 Å². The Kier molecular flexibility index (Phi) is 8.30. The molecule has 3 aromatic rings. The molecule has 166 valence electrons. The van der Waals surface area contributed by atoms with Crippen LogP contribution in [0.15, 0.2) is 40.8 Å². The average Bonchev–Trinajstić information content (AvgIpc) is 3.38. The number of halogens is 2. The normalized spacial score (nSPS) is 13.6. The molecule has 1 aromatic carbocycles. The molecule has 0 spiro atoms. The molecule has 0 saturated carbocycles. The molecule has 0 unspecified atom stereocenters. The fourth-order valence-electron chi connectivity index (χ4n) is 3.81. The molecule has 0 bridgehead atoms. The monoisotopic (exact) mass is 555 g/mol. The van der Waals surface area contributed by atoms with E-state index in [1.54, 1.807) is 24.5 Å². The van der Waals surface area contributed by atoms with E-state index < -0.39 is 0 Å². The Morgan fingerprint density at radius 2 is 2.13 bits per heavy atom. The summed E-state index contributed by atoms with van der Waals surface area (Å²) >= 11 is 1.78. The molecule has 9 heteroatoms. The number of benzene rings is 1. The molecule has 0 aliphatic carbocycles. The Balaban J connectivity index is 0.00000272. The van der Waals surface area contributed by atoms with Crippen LogP contribution in [0.3, 0.4) is 0 Å². The van der Waals surface area contributed by atoms with Crippen molar-refractivity contribution in [3.8, 4) is 0 Å². The minimum Gasteiger partial charge on any atom is -0.361 e. The van der Waals surface area contributed by atoms with Gasteiger partial charge >= 0.3 is 0 Å². The molecule has 1 aliphatic rings. The second-order valence-corrected chi connectivity index (χ2v) is 8.36. The molecule has 0 atom stereocenters. The summed E-state index contributed by atoms with van der Waals surface area (Å²) in [6, 6.07) is 6.90. The van der Waals surface area contributed by atoms with Crippen molar-refractivity contribution in [1.29, 1.82) is 0 Å². The van der Waals surface area contributed by atoms with Crippen LogP contribution in [-0.2, 0) is 24.2 Å². The van der Waals surface area contributed by atoms with E-state index in [2.05, 4.69) is 32.1 Å². The highest BCUT2D eigenvalue weighted by atomic mass is 127. The zero-order valence-corrected chi connectivity index (χ0v) is 20.6. The molecule has 3 heterocycles. The van der Waals surface area contributed by atoms with Crippen LogP contribution in [0.2, 0.25) is 0 Å². The van der Waals surface area contributed by atoms with Gasteiger partial charge in [0.15, 0.2) is 5.96 Å². The van der Waals surface area contributed by atoms with Crippen molar-refractivity contribution < 1.29 is 9.18 Å². The second kappa shape index (κ2) is 10.9. The predicted octanol–water partition coefficient (Wildman–Crippen LogP) is 3.67. The minimum atomic E-state index is -0.242. The van der Waals surface area contributed by atoms with Crippen molar-refractivity contribution in [2.75, 3.05) is 26.7 Å². The highest BCUT2D eigenvalue weighted by Gasteiger charge is 2.21. The lowest BCUT2D eigenvalue weighted by Crippen LogP contribution is -2.41. The van der Waals surface area contributed by atoms with Crippen molar-refractivity contribution in [3.05, 3.63) is 57.7 Å². The molecule has 0 fully saturated rings. The summed E-state index contributed by atoms with van der Waals surface area (Å²) in [7, 11) is 1.72. The van der Waals surface area contributed by atoms with Gasteiger partial charge in [-0.25, -0.2) is 4.39 Å². The standard InChI is InChI=1S/C22H26FN5OS.HI/c1-24-22(25-8-4-15-13-27-19-12-17(23)2-3-18(15)19)26-9-5-21(29)28-10-6-20-16(14-28)7-11-30-20;/h2-3,7,11-13,27H,4-6,8-10,14H2,1H3,(H2,24,25,26);1H. The Bertz CT molecular complexity index is 1060. The quantitative estimate of drug-likeness (QED) is 0.247. The number of hydrogen-bond donors (Lipinski definition) is 3. The van der Waals surface area contributed by atoms with Gasteiger partial charge in [0.2, 0.25) is 5.91 Å². The smallest absolute Gasteiger partial charge is 0.224 e. The summed E-state index contributed by atoms with van der Waals surface area (Å²) < 4.78 is 13.3. The first kappa shape index (κ1) is 23.5. The lowest BCUT2D eigenvalue weighted by atomic mass is 10.1. The van der Waals surface area contributed by atoms with E-state index in [0.717, 1.165) is 42.4 Å². The molecule has 3 N–H and O–H groups in total. The molecule has 1 aliphatic heterocycles. The highest BCUT2D eigenvalue weighted by molar-refractivity contribution is 14.0. The van der Waals surface area contributed by atoms with E-state index in [9.17, 15) is 9.18 Å². The summed E-state index contributed by atoms with van der Waals surface area (Å²) in [5.41, 5.74) is 3.21. The van der Waals surface area contributed by atoms with Gasteiger partial charge in [-0.2, -0.15) is 0 Å². The first-order chi connectivity index (χ1) is 14.6. The molecular weight excluding hydrogens is 528 g/mol. The first-order valence-electron chi connectivity index (χ1n) is 10.2. The number of rotatable bonds is 6. The van der Waals surface area contributed by atoms with Crippen LogP contribution in [0.4, 0.5) is 4.39 Å². The van der Waals surface area contributed by atoms with Gasteiger partial charge in [0.1, 0.15) is 5.82 Å². The van der Waals surface area contributed by atoms with E-state index in [1.165, 1.54) is 22.6 Å². The van der Waals surface area contributed by atoms with Crippen LogP contribution in [-0.4, -0.2) is 48.4 Å². The van der Waals surface area contributed by atoms with Crippen LogP contribution < -0.4 is 10.6 Å². The van der Waals surface area contributed by atoms with Gasteiger partial charge in [-0.15, -0.1) is 35.3 Å². The van der Waals surface area contributed by atoms with Gasteiger partial charge in [-0.3, -0.25) is 9.79 Å². The highest BCUT2D eigenvalue weighted by Crippen LogP contribution is 2.24. The van der Waals surface area contributed by atoms with E-state index in [0.29, 0.717) is 25.5 Å². The molecule has 4 rings (SSSR count). The van der Waals surface area contributed by atoms with Gasteiger partial charge in [0, 0.05) is 61.6 Å². The maximum Gasteiger partial charge on any atom is 0.224 e. The van der Waals surface area contributed by atoms with Gasteiger partial charge in [0.05, 0.1) is 0 Å². The van der Waals surface area contributed by atoms with Gasteiger partial charge in [-0.1, -0.05) is 0 Å². The third-order valence-corrected chi connectivity index (χ3v) is 6.45. The first-order valence-corrected chi connectivity index (χ1v) is 11.0. The van der Waals surface area contributed by atoms with Gasteiger partial charge in [0.25, 0.3) is 0 Å². The number of thiophene rings is 1. The fourth-order valence-corrected chi connectivity index (χ4v) is 4.70. The Hall–Kier alpha value is -2.14. The number of nitrogens with one attached hydrogen (secondary N) is 3. The number of carbonyl (C=O) groups is 1. The topological polar surface area (TPSA) is 72.5 Å². The van der Waals surface area contributed by atoms with Crippen LogP contribution in [0.25, 0.3) is 10.9 Å². The maximum absolute atomic E-state index is 13.3. The number of aliphatic imine (C=N–C) groups is 1. The predicted molar refractivity (Wildman–Crippen MR) is 135 cm³/mol. The number of amides is 1. The second-order valence-electron chi connectivity index (χ2n) is 7.36. The van der Waals surface area contributed by atoms with Crippen molar-refractivity contribution in [1.82, 2.24) is 20.5 Å². The van der Waals surface area contributed by atoms with E-state index in [1.807, 2.05) is 11.1 Å². The number of guanidine groups is 1. The third-order valence-electron chi connectivity index (χ3n) is 5.43. The van der Waals surface area contributed by atoms with E-state index in [-0.39, 0.29) is 35.7 Å². The molecule has 0 saturated heterocycles. The fraction of sp³-hybridized carbons (Fsp3) is 0.364. The minimum absolute atomic E-state index is 0. The van der Waals surface area contributed by atoms with E-state index >= 15 is 0 Å². The summed E-state index contributed by atoms with van der Waals surface area (Å²) in [6.45, 7) is 2.75. The number of fused-ring (bicyclic) bond motifs is 2. The summed E-state index contributed by atoms with van der Waals surface area (Å²) in [5.74, 6) is 0.599. The molecule has 0 radical (unpaired) electrons. The van der Waals surface area contributed by atoms with E-state index in [4.69, 9.17) is 0 Å². The van der Waals surface area contributed by atoms with Crippen LogP contribution in [0.5, 0.6) is 0 Å². The molecule has 6 nitrogen and oxygen atoms in total. The lowest BCUT2D eigenvalue weighted by molar-refractivity contribution is -0.131. The van der Waals surface area contributed by atoms with Gasteiger partial charge in [-0.05, 0) is 53.6 Å². The van der Waals surface area contributed by atoms with Gasteiger partial charge < -0.3 is 20.5 Å². The lowest BCUT2D eigenvalue weighted by Gasteiger charge is -2.27. The zero-order valence-electron chi connectivity index (χ0n) is 17.4. The van der Waals surface area contributed by atoms with Crippen LogP contribution in [0.1, 0.15) is 22.4 Å². The van der Waals surface area contributed by atoms with Crippen molar-refractivity contribution in [3.63, 3.8) is 0 Å². The Labute approximate surface area is 202 Å². The van der Waals surface area contributed by atoms with Crippen molar-refractivity contribution >= 4 is 58.1 Å².